The number of urea groups is 1. The predicted octanol–water partition coefficient (Wildman–Crippen LogP) is 0.502. The van der Waals surface area contributed by atoms with E-state index in [2.05, 4.69) is 5.32 Å². The quantitative estimate of drug-likeness (QED) is 0.791. The lowest BCUT2D eigenvalue weighted by molar-refractivity contribution is -0.139. The van der Waals surface area contributed by atoms with E-state index in [1.165, 1.54) is 0 Å². The Morgan fingerprint density at radius 2 is 2.10 bits per heavy atom. The van der Waals surface area contributed by atoms with Crippen LogP contribution in [-0.4, -0.2) is 64.5 Å². The zero-order valence-electron chi connectivity index (χ0n) is 12.5. The summed E-state index contributed by atoms with van der Waals surface area (Å²) in [4.78, 5) is 38.5. The second kappa shape index (κ2) is 6.32. The van der Waals surface area contributed by atoms with Crippen LogP contribution < -0.4 is 5.32 Å². The number of carbonyl (C=O) groups is 3. The van der Waals surface area contributed by atoms with Crippen LogP contribution >= 0.6 is 0 Å². The van der Waals surface area contributed by atoms with Gasteiger partial charge >= 0.3 is 12.0 Å². The highest BCUT2D eigenvalue weighted by molar-refractivity contribution is 5.83. The molecule has 2 fully saturated rings. The maximum absolute atomic E-state index is 12.2. The van der Waals surface area contributed by atoms with Gasteiger partial charge in [-0.05, 0) is 18.8 Å². The minimum Gasteiger partial charge on any atom is -0.480 e. The maximum Gasteiger partial charge on any atom is 0.326 e. The molecule has 0 radical (unpaired) electrons. The number of carbonyl (C=O) groups excluding carboxylic acids is 2. The van der Waals surface area contributed by atoms with Crippen LogP contribution in [0.25, 0.3) is 0 Å². The number of nitrogens with one attached hydrogen (secondary N) is 1. The Hall–Kier alpha value is -1.79. The predicted molar refractivity (Wildman–Crippen MR) is 75.7 cm³/mol. The first-order valence-electron chi connectivity index (χ1n) is 7.46. The van der Waals surface area contributed by atoms with Gasteiger partial charge in [-0.25, -0.2) is 9.59 Å². The minimum absolute atomic E-state index is 0.0883. The number of piperazine rings is 1. The van der Waals surface area contributed by atoms with E-state index in [9.17, 15) is 14.4 Å². The number of carboxylic acids is 1. The van der Waals surface area contributed by atoms with Crippen molar-refractivity contribution in [2.24, 2.45) is 5.92 Å². The van der Waals surface area contributed by atoms with E-state index in [-0.39, 0.29) is 23.9 Å². The SMILES string of the molecule is CC(C)C[C@@H](NC(=O)N1CCN2C(=O)CCC2C1)C(=O)O. The zero-order valence-corrected chi connectivity index (χ0v) is 12.5. The number of amides is 3. The molecule has 2 heterocycles. The molecule has 21 heavy (non-hydrogen) atoms. The summed E-state index contributed by atoms with van der Waals surface area (Å²) >= 11 is 0. The highest BCUT2D eigenvalue weighted by Crippen LogP contribution is 2.22. The number of hydrogen-bond acceptors (Lipinski definition) is 3. The van der Waals surface area contributed by atoms with Gasteiger partial charge in [-0.3, -0.25) is 4.79 Å². The summed E-state index contributed by atoms with van der Waals surface area (Å²) in [6, 6.07) is -1.12. The average molecular weight is 297 g/mol. The van der Waals surface area contributed by atoms with Gasteiger partial charge in [0.1, 0.15) is 6.04 Å². The molecule has 0 bridgehead atoms. The number of aliphatic carboxylic acids is 1. The molecule has 118 valence electrons. The number of rotatable bonds is 4. The van der Waals surface area contributed by atoms with Gasteiger partial charge in [-0.15, -0.1) is 0 Å². The van der Waals surface area contributed by atoms with E-state index < -0.39 is 12.0 Å². The number of fused-ring (bicyclic) bond motifs is 1. The highest BCUT2D eigenvalue weighted by Gasteiger charge is 2.37. The Balaban J connectivity index is 1.91. The van der Waals surface area contributed by atoms with Crippen LogP contribution in [0.2, 0.25) is 0 Å². The standard InChI is InChI=1S/C14H23N3O4/c1-9(2)7-11(13(19)20)15-14(21)16-5-6-17-10(8-16)3-4-12(17)18/h9-11H,3-8H2,1-2H3,(H,15,21)(H,19,20)/t10?,11-/m1/s1. The molecular weight excluding hydrogens is 274 g/mol. The summed E-state index contributed by atoms with van der Waals surface area (Å²) in [7, 11) is 0. The second-order valence-corrected chi connectivity index (χ2v) is 6.20. The molecular formula is C14H23N3O4. The van der Waals surface area contributed by atoms with E-state index >= 15 is 0 Å². The van der Waals surface area contributed by atoms with Crippen LogP contribution in [0.5, 0.6) is 0 Å². The van der Waals surface area contributed by atoms with Gasteiger partial charge in [-0.2, -0.15) is 0 Å². The topological polar surface area (TPSA) is 90.0 Å². The van der Waals surface area contributed by atoms with Crippen molar-refractivity contribution in [2.45, 2.75) is 45.2 Å². The molecule has 0 spiro atoms. The maximum atomic E-state index is 12.2. The third kappa shape index (κ3) is 3.65. The first kappa shape index (κ1) is 15.6. The summed E-state index contributed by atoms with van der Waals surface area (Å²) < 4.78 is 0. The lowest BCUT2D eigenvalue weighted by Crippen LogP contribution is -2.57. The van der Waals surface area contributed by atoms with Gasteiger partial charge in [0, 0.05) is 32.1 Å². The summed E-state index contributed by atoms with van der Waals surface area (Å²) in [6.07, 6.45) is 1.73. The zero-order chi connectivity index (χ0) is 15.6. The van der Waals surface area contributed by atoms with Gasteiger partial charge in [0.15, 0.2) is 0 Å². The van der Waals surface area contributed by atoms with Crippen LogP contribution in [-0.2, 0) is 9.59 Å². The fraction of sp³-hybridized carbons (Fsp3) is 0.786. The average Bonchev–Trinajstić information content (AvgIpc) is 2.78. The summed E-state index contributed by atoms with van der Waals surface area (Å²) in [6.45, 7) is 5.34. The third-order valence-electron chi connectivity index (χ3n) is 4.08. The van der Waals surface area contributed by atoms with Crippen molar-refractivity contribution in [3.05, 3.63) is 0 Å². The van der Waals surface area contributed by atoms with Crippen LogP contribution in [0.3, 0.4) is 0 Å². The number of carboxylic acid groups (broad SMARTS) is 1. The molecule has 7 nitrogen and oxygen atoms in total. The first-order valence-corrected chi connectivity index (χ1v) is 7.46. The number of nitrogens with zero attached hydrogens (tertiary/aromatic N) is 2. The Morgan fingerprint density at radius 3 is 2.71 bits per heavy atom. The van der Waals surface area contributed by atoms with Gasteiger partial charge in [-0.1, -0.05) is 13.8 Å². The fourth-order valence-electron chi connectivity index (χ4n) is 2.98. The van der Waals surface area contributed by atoms with E-state index in [0.717, 1.165) is 6.42 Å². The van der Waals surface area contributed by atoms with Crippen LogP contribution in [0.4, 0.5) is 4.79 Å². The largest absolute Gasteiger partial charge is 0.480 e. The van der Waals surface area contributed by atoms with Crippen molar-refractivity contribution < 1.29 is 19.5 Å². The van der Waals surface area contributed by atoms with Crippen molar-refractivity contribution in [3.63, 3.8) is 0 Å². The Bertz CT molecular complexity index is 438. The van der Waals surface area contributed by atoms with E-state index in [1.807, 2.05) is 18.7 Å². The molecule has 2 atom stereocenters. The molecule has 2 saturated heterocycles. The molecule has 0 aromatic rings. The summed E-state index contributed by atoms with van der Waals surface area (Å²) in [5.41, 5.74) is 0. The third-order valence-corrected chi connectivity index (χ3v) is 4.08. The Kier molecular flexibility index (Phi) is 4.69. The molecule has 0 aromatic carbocycles. The fourth-order valence-corrected chi connectivity index (χ4v) is 2.98. The molecule has 7 heteroatoms. The second-order valence-electron chi connectivity index (χ2n) is 6.20. The van der Waals surface area contributed by atoms with E-state index in [1.54, 1.807) is 4.90 Å². The van der Waals surface area contributed by atoms with Crippen molar-refractivity contribution in [1.82, 2.24) is 15.1 Å². The van der Waals surface area contributed by atoms with Crippen LogP contribution in [0, 0.1) is 5.92 Å². The van der Waals surface area contributed by atoms with Gasteiger partial charge in [0.05, 0.1) is 0 Å². The molecule has 3 amide bonds. The molecule has 2 rings (SSSR count). The molecule has 0 aromatic heterocycles. The summed E-state index contributed by atoms with van der Waals surface area (Å²) in [5.74, 6) is -0.661. The highest BCUT2D eigenvalue weighted by atomic mass is 16.4. The Labute approximate surface area is 124 Å². The van der Waals surface area contributed by atoms with E-state index in [0.29, 0.717) is 32.5 Å². The van der Waals surface area contributed by atoms with Crippen molar-refractivity contribution in [2.75, 3.05) is 19.6 Å². The lowest BCUT2D eigenvalue weighted by atomic mass is 10.0. The molecule has 2 aliphatic rings. The van der Waals surface area contributed by atoms with Crippen LogP contribution in [0.1, 0.15) is 33.1 Å². The Morgan fingerprint density at radius 1 is 1.38 bits per heavy atom. The summed E-state index contributed by atoms with van der Waals surface area (Å²) in [5, 5.41) is 11.8. The van der Waals surface area contributed by atoms with Gasteiger partial charge < -0.3 is 20.2 Å². The van der Waals surface area contributed by atoms with Gasteiger partial charge in [0.2, 0.25) is 5.91 Å². The monoisotopic (exact) mass is 297 g/mol. The van der Waals surface area contributed by atoms with Crippen LogP contribution in [0.15, 0.2) is 0 Å². The van der Waals surface area contributed by atoms with Crippen molar-refractivity contribution in [3.8, 4) is 0 Å². The normalized spacial score (nSPS) is 23.2. The number of hydrogen-bond donors (Lipinski definition) is 2. The lowest BCUT2D eigenvalue weighted by Gasteiger charge is -2.37. The first-order chi connectivity index (χ1) is 9.88. The van der Waals surface area contributed by atoms with Gasteiger partial charge in [0.25, 0.3) is 0 Å². The minimum atomic E-state index is -1.01. The molecule has 0 aliphatic carbocycles. The van der Waals surface area contributed by atoms with Crippen molar-refractivity contribution >= 4 is 17.9 Å². The van der Waals surface area contributed by atoms with E-state index in [4.69, 9.17) is 5.11 Å². The van der Waals surface area contributed by atoms with Crippen molar-refractivity contribution in [1.29, 1.82) is 0 Å². The molecule has 1 unspecified atom stereocenters. The molecule has 0 saturated carbocycles. The smallest absolute Gasteiger partial charge is 0.326 e. The molecule has 2 N–H and O–H groups in total. The molecule has 2 aliphatic heterocycles.